The van der Waals surface area contributed by atoms with E-state index in [1.807, 2.05) is 11.0 Å². The van der Waals surface area contributed by atoms with Gasteiger partial charge in [-0.2, -0.15) is 0 Å². The fourth-order valence-corrected chi connectivity index (χ4v) is 4.15. The lowest BCUT2D eigenvalue weighted by atomic mass is 9.96. The summed E-state index contributed by atoms with van der Waals surface area (Å²) in [5, 5.41) is 5.80. The van der Waals surface area contributed by atoms with Crippen molar-refractivity contribution in [2.75, 3.05) is 39.8 Å². The number of carbonyl (C=O) groups is 2. The highest BCUT2D eigenvalue weighted by atomic mass is 19.1. The van der Waals surface area contributed by atoms with Gasteiger partial charge in [0.2, 0.25) is 5.91 Å². The molecule has 3 rings (SSSR count). The lowest BCUT2D eigenvalue weighted by Crippen LogP contribution is -2.49. The molecule has 166 valence electrons. The summed E-state index contributed by atoms with van der Waals surface area (Å²) in [6.45, 7) is 3.77. The van der Waals surface area contributed by atoms with Gasteiger partial charge in [-0.3, -0.25) is 9.69 Å². The smallest absolute Gasteiger partial charge is 0.315 e. The predicted molar refractivity (Wildman–Crippen MR) is 113 cm³/mol. The molecule has 2 fully saturated rings. The second kappa shape index (κ2) is 11.2. The Bertz CT molecular complexity index is 716. The van der Waals surface area contributed by atoms with E-state index in [0.29, 0.717) is 32.6 Å². The van der Waals surface area contributed by atoms with Crippen molar-refractivity contribution in [3.63, 3.8) is 0 Å². The van der Waals surface area contributed by atoms with E-state index in [1.165, 1.54) is 32.4 Å². The first-order valence-electron chi connectivity index (χ1n) is 10.9. The lowest BCUT2D eigenvalue weighted by molar-refractivity contribution is -0.132. The van der Waals surface area contributed by atoms with E-state index >= 15 is 0 Å². The molecule has 0 aromatic heterocycles. The molecule has 7 nitrogen and oxygen atoms in total. The number of amides is 3. The highest BCUT2D eigenvalue weighted by molar-refractivity contribution is 5.78. The van der Waals surface area contributed by atoms with Crippen LogP contribution in [0.3, 0.4) is 0 Å². The number of hydrogen-bond donors (Lipinski definition) is 2. The molecule has 0 bridgehead atoms. The molecule has 0 atom stereocenters. The first-order chi connectivity index (χ1) is 14.5. The minimum absolute atomic E-state index is 0.0584. The maximum atomic E-state index is 13.8. The number of carbonyl (C=O) groups excluding carboxylic acids is 2. The molecule has 1 aliphatic heterocycles. The maximum Gasteiger partial charge on any atom is 0.315 e. The molecule has 0 unspecified atom stereocenters. The van der Waals surface area contributed by atoms with Crippen LogP contribution in [0.5, 0.6) is 5.75 Å². The molecule has 1 saturated heterocycles. The Morgan fingerprint density at radius 2 is 1.87 bits per heavy atom. The molecule has 3 amide bonds. The minimum atomic E-state index is -0.358. The van der Waals surface area contributed by atoms with E-state index in [-0.39, 0.29) is 29.5 Å². The number of urea groups is 1. The second-order valence-electron chi connectivity index (χ2n) is 8.11. The first kappa shape index (κ1) is 22.3. The summed E-state index contributed by atoms with van der Waals surface area (Å²) in [6, 6.07) is 5.10. The zero-order chi connectivity index (χ0) is 21.3. The first-order valence-corrected chi connectivity index (χ1v) is 10.9. The average molecular weight is 421 g/mol. The summed E-state index contributed by atoms with van der Waals surface area (Å²) < 4.78 is 18.8. The zero-order valence-electron chi connectivity index (χ0n) is 17.8. The van der Waals surface area contributed by atoms with Gasteiger partial charge in [0.25, 0.3) is 0 Å². The fourth-order valence-electron chi connectivity index (χ4n) is 4.15. The third-order valence-corrected chi connectivity index (χ3v) is 5.91. The van der Waals surface area contributed by atoms with E-state index in [9.17, 15) is 14.0 Å². The Morgan fingerprint density at radius 1 is 1.13 bits per heavy atom. The monoisotopic (exact) mass is 420 g/mol. The normalized spacial score (nSPS) is 18.1. The standard InChI is InChI=1S/C22H33FN4O3/c1-30-20-8-7-17(15-19(20)23)16-26-11-13-27(14-12-26)21(28)9-10-24-22(29)25-18-5-3-2-4-6-18/h7-8,15,18H,2-6,9-14,16H2,1H3,(H2,24,25,29). The lowest BCUT2D eigenvalue weighted by Gasteiger charge is -2.35. The second-order valence-corrected chi connectivity index (χ2v) is 8.11. The summed E-state index contributed by atoms with van der Waals surface area (Å²) in [5.41, 5.74) is 0.890. The molecule has 1 aromatic carbocycles. The van der Waals surface area contributed by atoms with Crippen molar-refractivity contribution in [1.29, 1.82) is 0 Å². The maximum absolute atomic E-state index is 13.8. The fraction of sp³-hybridized carbons (Fsp3) is 0.636. The van der Waals surface area contributed by atoms with Crippen LogP contribution < -0.4 is 15.4 Å². The van der Waals surface area contributed by atoms with Gasteiger partial charge in [-0.05, 0) is 30.5 Å². The number of ether oxygens (including phenoxy) is 1. The van der Waals surface area contributed by atoms with Crippen LogP contribution in [0, 0.1) is 5.82 Å². The molecule has 8 heteroatoms. The number of methoxy groups -OCH3 is 1. The van der Waals surface area contributed by atoms with Crippen molar-refractivity contribution in [2.24, 2.45) is 0 Å². The van der Waals surface area contributed by atoms with Crippen LogP contribution in [-0.2, 0) is 11.3 Å². The van der Waals surface area contributed by atoms with Gasteiger partial charge < -0.3 is 20.3 Å². The van der Waals surface area contributed by atoms with Gasteiger partial charge in [0.1, 0.15) is 0 Å². The molecular formula is C22H33FN4O3. The van der Waals surface area contributed by atoms with Crippen LogP contribution in [0.15, 0.2) is 18.2 Å². The van der Waals surface area contributed by atoms with Gasteiger partial charge in [-0.15, -0.1) is 0 Å². The summed E-state index contributed by atoms with van der Waals surface area (Å²) >= 11 is 0. The minimum Gasteiger partial charge on any atom is -0.494 e. The number of hydrogen-bond acceptors (Lipinski definition) is 4. The highest BCUT2D eigenvalue weighted by Crippen LogP contribution is 2.19. The van der Waals surface area contributed by atoms with E-state index in [1.54, 1.807) is 6.07 Å². The van der Waals surface area contributed by atoms with E-state index < -0.39 is 0 Å². The molecule has 1 heterocycles. The number of halogens is 1. The van der Waals surface area contributed by atoms with Gasteiger partial charge >= 0.3 is 6.03 Å². The molecule has 0 spiro atoms. The quantitative estimate of drug-likeness (QED) is 0.711. The molecule has 1 saturated carbocycles. The van der Waals surface area contributed by atoms with Gasteiger partial charge in [-0.1, -0.05) is 25.3 Å². The van der Waals surface area contributed by atoms with Crippen LogP contribution in [0.1, 0.15) is 44.1 Å². The predicted octanol–water partition coefficient (Wildman–Crippen LogP) is 2.50. The van der Waals surface area contributed by atoms with Gasteiger partial charge in [-0.25, -0.2) is 9.18 Å². The van der Waals surface area contributed by atoms with Crippen molar-refractivity contribution in [1.82, 2.24) is 20.4 Å². The Morgan fingerprint density at radius 3 is 2.53 bits per heavy atom. The molecule has 30 heavy (non-hydrogen) atoms. The largest absolute Gasteiger partial charge is 0.494 e. The third kappa shape index (κ3) is 6.58. The number of nitrogens with one attached hydrogen (secondary N) is 2. The van der Waals surface area contributed by atoms with Crippen LogP contribution >= 0.6 is 0 Å². The van der Waals surface area contributed by atoms with Gasteiger partial charge in [0.15, 0.2) is 11.6 Å². The van der Waals surface area contributed by atoms with Crippen molar-refractivity contribution in [2.45, 2.75) is 51.1 Å². The van der Waals surface area contributed by atoms with Crippen LogP contribution in [0.2, 0.25) is 0 Å². The topological polar surface area (TPSA) is 73.9 Å². The molecule has 2 N–H and O–H groups in total. The molecular weight excluding hydrogens is 387 g/mol. The van der Waals surface area contributed by atoms with Gasteiger partial charge in [0, 0.05) is 51.7 Å². The molecule has 0 radical (unpaired) electrons. The van der Waals surface area contributed by atoms with Crippen molar-refractivity contribution >= 4 is 11.9 Å². The summed E-state index contributed by atoms with van der Waals surface area (Å²) in [6.07, 6.45) is 5.98. The number of benzene rings is 1. The van der Waals surface area contributed by atoms with E-state index in [4.69, 9.17) is 4.74 Å². The van der Waals surface area contributed by atoms with Crippen molar-refractivity contribution in [3.05, 3.63) is 29.6 Å². The van der Waals surface area contributed by atoms with Crippen molar-refractivity contribution in [3.8, 4) is 5.75 Å². The third-order valence-electron chi connectivity index (χ3n) is 5.91. The van der Waals surface area contributed by atoms with Gasteiger partial charge in [0.05, 0.1) is 7.11 Å². The molecule has 2 aliphatic rings. The van der Waals surface area contributed by atoms with E-state index in [2.05, 4.69) is 15.5 Å². The Balaban J connectivity index is 1.32. The summed E-state index contributed by atoms with van der Waals surface area (Å²) in [7, 11) is 1.45. The Labute approximate surface area is 177 Å². The molecule has 1 aromatic rings. The van der Waals surface area contributed by atoms with Crippen LogP contribution in [0.25, 0.3) is 0 Å². The number of piperazine rings is 1. The number of rotatable bonds is 7. The van der Waals surface area contributed by atoms with Crippen molar-refractivity contribution < 1.29 is 18.7 Å². The number of nitrogens with zero attached hydrogens (tertiary/aromatic N) is 2. The zero-order valence-corrected chi connectivity index (χ0v) is 17.8. The Hall–Kier alpha value is -2.35. The summed E-state index contributed by atoms with van der Waals surface area (Å²) in [5.74, 6) is -0.0536. The Kier molecular flexibility index (Phi) is 8.30. The SMILES string of the molecule is COc1ccc(CN2CCN(C(=O)CCNC(=O)NC3CCCCC3)CC2)cc1F. The van der Waals surface area contributed by atoms with Crippen LogP contribution in [-0.4, -0.2) is 67.6 Å². The average Bonchev–Trinajstić information content (AvgIpc) is 2.75. The summed E-state index contributed by atoms with van der Waals surface area (Å²) in [4.78, 5) is 28.4. The van der Waals surface area contributed by atoms with E-state index in [0.717, 1.165) is 31.5 Å². The molecule has 1 aliphatic carbocycles. The van der Waals surface area contributed by atoms with Crippen LogP contribution in [0.4, 0.5) is 9.18 Å². The highest BCUT2D eigenvalue weighted by Gasteiger charge is 2.21.